The summed E-state index contributed by atoms with van der Waals surface area (Å²) in [5.74, 6) is -0.173. The van der Waals surface area contributed by atoms with Crippen LogP contribution in [0.5, 0.6) is 0 Å². The normalized spacial score (nSPS) is 14.8. The number of piperidine rings is 1. The number of ether oxygens (including phenoxy) is 1. The number of likely N-dealkylation sites (tertiary alicyclic amines) is 1. The Hall–Kier alpha value is -2.45. The number of nitrogens with zero attached hydrogens (tertiary/aromatic N) is 4. The third-order valence-corrected chi connectivity index (χ3v) is 5.48. The molecular formula is C22H30ClN5O3. The van der Waals surface area contributed by atoms with Gasteiger partial charge in [-0.05, 0) is 58.2 Å². The van der Waals surface area contributed by atoms with Crippen LogP contribution in [0.25, 0.3) is 5.69 Å². The summed E-state index contributed by atoms with van der Waals surface area (Å²) in [5.41, 5.74) is 1.59. The molecule has 2 amide bonds. The van der Waals surface area contributed by atoms with E-state index in [1.165, 1.54) is 4.80 Å². The van der Waals surface area contributed by atoms with Crippen LogP contribution in [0, 0.1) is 12.8 Å². The number of hydrogen-bond donors (Lipinski definition) is 1. The van der Waals surface area contributed by atoms with E-state index in [4.69, 9.17) is 16.3 Å². The zero-order valence-corrected chi connectivity index (χ0v) is 19.1. The van der Waals surface area contributed by atoms with Crippen LogP contribution in [0.1, 0.15) is 49.3 Å². The van der Waals surface area contributed by atoms with Gasteiger partial charge in [0.25, 0.3) is 5.91 Å². The van der Waals surface area contributed by atoms with Gasteiger partial charge in [0.05, 0.1) is 17.5 Å². The number of aryl methyl sites for hydroxylation is 1. The van der Waals surface area contributed by atoms with Gasteiger partial charge in [-0.1, -0.05) is 17.7 Å². The van der Waals surface area contributed by atoms with Crippen molar-refractivity contribution in [1.82, 2.24) is 25.2 Å². The molecule has 0 aliphatic carbocycles. The van der Waals surface area contributed by atoms with Crippen molar-refractivity contribution >= 4 is 23.4 Å². The highest BCUT2D eigenvalue weighted by Crippen LogP contribution is 2.20. The van der Waals surface area contributed by atoms with Crippen LogP contribution in [0.2, 0.25) is 5.02 Å². The van der Waals surface area contributed by atoms with Crippen molar-refractivity contribution < 1.29 is 14.3 Å². The molecule has 2 heterocycles. The molecule has 0 bridgehead atoms. The number of hydrogen-bond acceptors (Lipinski definition) is 5. The molecule has 1 fully saturated rings. The van der Waals surface area contributed by atoms with Gasteiger partial charge in [0.2, 0.25) is 5.91 Å². The SMILES string of the molecule is Cc1nn(-c2cccc(Cl)c2)nc1C(=O)N1CCC(C(=O)NCCCOC(C)C)CC1. The van der Waals surface area contributed by atoms with E-state index in [1.54, 1.807) is 24.0 Å². The number of nitrogens with one attached hydrogen (secondary N) is 1. The fraction of sp³-hybridized carbons (Fsp3) is 0.545. The van der Waals surface area contributed by atoms with Crippen LogP contribution < -0.4 is 5.32 Å². The lowest BCUT2D eigenvalue weighted by Crippen LogP contribution is -2.43. The van der Waals surface area contributed by atoms with Crippen molar-refractivity contribution in [2.24, 2.45) is 5.92 Å². The zero-order valence-electron chi connectivity index (χ0n) is 18.3. The van der Waals surface area contributed by atoms with Crippen LogP contribution in [0.15, 0.2) is 24.3 Å². The number of carbonyl (C=O) groups excluding carboxylic acids is 2. The van der Waals surface area contributed by atoms with Crippen LogP contribution in [0.3, 0.4) is 0 Å². The Morgan fingerprint density at radius 2 is 2.00 bits per heavy atom. The number of rotatable bonds is 8. The maximum Gasteiger partial charge on any atom is 0.276 e. The fourth-order valence-corrected chi connectivity index (χ4v) is 3.72. The Morgan fingerprint density at radius 3 is 2.68 bits per heavy atom. The molecule has 0 spiro atoms. The van der Waals surface area contributed by atoms with E-state index >= 15 is 0 Å². The molecule has 2 aromatic rings. The summed E-state index contributed by atoms with van der Waals surface area (Å²) in [6, 6.07) is 7.16. The maximum absolute atomic E-state index is 13.0. The lowest BCUT2D eigenvalue weighted by Gasteiger charge is -2.31. The van der Waals surface area contributed by atoms with E-state index < -0.39 is 0 Å². The van der Waals surface area contributed by atoms with E-state index in [0.29, 0.717) is 61.2 Å². The second-order valence-corrected chi connectivity index (χ2v) is 8.47. The Kier molecular flexibility index (Phi) is 8.03. The average Bonchev–Trinajstić information content (AvgIpc) is 3.14. The summed E-state index contributed by atoms with van der Waals surface area (Å²) >= 11 is 6.04. The number of carbonyl (C=O) groups is 2. The maximum atomic E-state index is 13.0. The van der Waals surface area contributed by atoms with Crippen LogP contribution in [-0.2, 0) is 9.53 Å². The molecule has 8 nitrogen and oxygen atoms in total. The van der Waals surface area contributed by atoms with Gasteiger partial charge in [-0.25, -0.2) is 0 Å². The van der Waals surface area contributed by atoms with E-state index in [-0.39, 0.29) is 23.8 Å². The van der Waals surface area contributed by atoms with Gasteiger partial charge in [0, 0.05) is 37.2 Å². The van der Waals surface area contributed by atoms with Crippen molar-refractivity contribution in [1.29, 1.82) is 0 Å². The molecular weight excluding hydrogens is 418 g/mol. The molecule has 9 heteroatoms. The highest BCUT2D eigenvalue weighted by molar-refractivity contribution is 6.30. The first-order valence-corrected chi connectivity index (χ1v) is 11.1. The molecule has 0 saturated carbocycles. The summed E-state index contributed by atoms with van der Waals surface area (Å²) in [7, 11) is 0. The minimum absolute atomic E-state index is 0.0553. The molecule has 1 N–H and O–H groups in total. The smallest absolute Gasteiger partial charge is 0.276 e. The molecule has 168 valence electrons. The quantitative estimate of drug-likeness (QED) is 0.628. The summed E-state index contributed by atoms with van der Waals surface area (Å²) < 4.78 is 5.48. The summed E-state index contributed by atoms with van der Waals surface area (Å²) in [6.07, 6.45) is 2.28. The van der Waals surface area contributed by atoms with Gasteiger partial charge in [-0.15, -0.1) is 5.10 Å². The number of amides is 2. The van der Waals surface area contributed by atoms with Crippen molar-refractivity contribution in [3.63, 3.8) is 0 Å². The van der Waals surface area contributed by atoms with Crippen LogP contribution in [0.4, 0.5) is 0 Å². The predicted molar refractivity (Wildman–Crippen MR) is 118 cm³/mol. The van der Waals surface area contributed by atoms with E-state index in [2.05, 4.69) is 15.5 Å². The minimum Gasteiger partial charge on any atom is -0.379 e. The van der Waals surface area contributed by atoms with E-state index in [0.717, 1.165) is 6.42 Å². The summed E-state index contributed by atoms with van der Waals surface area (Å²) in [5, 5.41) is 12.3. The van der Waals surface area contributed by atoms with Crippen molar-refractivity contribution in [3.05, 3.63) is 40.7 Å². The number of halogens is 1. The first-order valence-electron chi connectivity index (χ1n) is 10.7. The fourth-order valence-electron chi connectivity index (χ4n) is 3.53. The number of benzene rings is 1. The topological polar surface area (TPSA) is 89.4 Å². The lowest BCUT2D eigenvalue weighted by molar-refractivity contribution is -0.126. The molecule has 1 aliphatic rings. The summed E-state index contributed by atoms with van der Waals surface area (Å²) in [6.45, 7) is 8.05. The molecule has 0 radical (unpaired) electrons. The highest BCUT2D eigenvalue weighted by atomic mass is 35.5. The van der Waals surface area contributed by atoms with Gasteiger partial charge < -0.3 is 15.0 Å². The van der Waals surface area contributed by atoms with Crippen molar-refractivity contribution in [2.45, 2.75) is 46.1 Å². The minimum atomic E-state index is -0.157. The molecule has 0 atom stereocenters. The molecule has 1 aliphatic heterocycles. The van der Waals surface area contributed by atoms with Crippen LogP contribution in [-0.4, -0.2) is 64.1 Å². The third-order valence-electron chi connectivity index (χ3n) is 5.25. The molecule has 1 saturated heterocycles. The third kappa shape index (κ3) is 6.27. The zero-order chi connectivity index (χ0) is 22.4. The Morgan fingerprint density at radius 1 is 1.26 bits per heavy atom. The first kappa shape index (κ1) is 23.2. The van der Waals surface area contributed by atoms with Gasteiger partial charge in [0.1, 0.15) is 0 Å². The monoisotopic (exact) mass is 447 g/mol. The molecule has 1 aromatic heterocycles. The van der Waals surface area contributed by atoms with Gasteiger partial charge in [-0.2, -0.15) is 9.90 Å². The number of aromatic nitrogens is 3. The second-order valence-electron chi connectivity index (χ2n) is 8.03. The van der Waals surface area contributed by atoms with Gasteiger partial charge in [0.15, 0.2) is 5.69 Å². The standard InChI is InChI=1S/C22H30ClN5O3/c1-15(2)31-13-5-10-24-21(29)17-8-11-27(12-9-17)22(30)20-16(3)25-28(26-20)19-7-4-6-18(23)14-19/h4,6-7,14-15,17H,5,8-13H2,1-3H3,(H,24,29). The highest BCUT2D eigenvalue weighted by Gasteiger charge is 2.30. The summed E-state index contributed by atoms with van der Waals surface area (Å²) in [4.78, 5) is 28.5. The Bertz CT molecular complexity index is 906. The second kappa shape index (κ2) is 10.7. The Balaban J connectivity index is 1.51. The Labute approximate surface area is 187 Å². The van der Waals surface area contributed by atoms with Crippen molar-refractivity contribution in [3.8, 4) is 5.69 Å². The molecule has 31 heavy (non-hydrogen) atoms. The average molecular weight is 448 g/mol. The van der Waals surface area contributed by atoms with Gasteiger partial charge in [-0.3, -0.25) is 9.59 Å². The molecule has 1 aromatic carbocycles. The predicted octanol–water partition coefficient (Wildman–Crippen LogP) is 3.01. The first-order chi connectivity index (χ1) is 14.8. The molecule has 3 rings (SSSR count). The van der Waals surface area contributed by atoms with E-state index in [9.17, 15) is 9.59 Å². The largest absolute Gasteiger partial charge is 0.379 e. The van der Waals surface area contributed by atoms with E-state index in [1.807, 2.05) is 26.0 Å². The lowest BCUT2D eigenvalue weighted by atomic mass is 9.95. The molecule has 0 unspecified atom stereocenters. The van der Waals surface area contributed by atoms with Crippen molar-refractivity contribution in [2.75, 3.05) is 26.2 Å². The van der Waals surface area contributed by atoms with Crippen LogP contribution >= 0.6 is 11.6 Å². The van der Waals surface area contributed by atoms with Gasteiger partial charge >= 0.3 is 0 Å².